The Labute approximate surface area is 138 Å². The number of nitrogens with two attached hydrogens (primary N) is 2. The van der Waals surface area contributed by atoms with Crippen LogP contribution in [-0.2, 0) is 6.61 Å². The van der Waals surface area contributed by atoms with Crippen molar-refractivity contribution in [3.63, 3.8) is 0 Å². The molecule has 0 saturated heterocycles. The van der Waals surface area contributed by atoms with Gasteiger partial charge in [0.15, 0.2) is 5.82 Å². The summed E-state index contributed by atoms with van der Waals surface area (Å²) in [5.41, 5.74) is 12.9. The first-order chi connectivity index (χ1) is 11.1. The Hall–Kier alpha value is -2.86. The van der Waals surface area contributed by atoms with E-state index in [0.29, 0.717) is 17.5 Å². The lowest BCUT2D eigenvalue weighted by atomic mass is 10.2. The lowest BCUT2D eigenvalue weighted by Gasteiger charge is -2.08. The maximum absolute atomic E-state index is 5.95. The number of anilines is 2. The van der Waals surface area contributed by atoms with E-state index in [1.165, 1.54) is 0 Å². The molecule has 0 saturated carbocycles. The Bertz CT molecular complexity index is 803. The van der Waals surface area contributed by atoms with Crippen LogP contribution in [0, 0.1) is 0 Å². The maximum atomic E-state index is 5.95. The Morgan fingerprint density at radius 2 is 1.61 bits per heavy atom. The molecule has 4 N–H and O–H groups in total. The van der Waals surface area contributed by atoms with Crippen molar-refractivity contribution in [2.24, 2.45) is 0 Å². The molecule has 0 aliphatic rings. The number of nitrogens with zero attached hydrogens (tertiary/aromatic N) is 3. The number of halogens is 1. The van der Waals surface area contributed by atoms with E-state index in [4.69, 9.17) is 27.8 Å². The van der Waals surface area contributed by atoms with Crippen LogP contribution in [0.4, 0.5) is 11.9 Å². The third kappa shape index (κ3) is 3.87. The van der Waals surface area contributed by atoms with Gasteiger partial charge in [-0.3, -0.25) is 0 Å². The summed E-state index contributed by atoms with van der Waals surface area (Å²) < 4.78 is 5.72. The summed E-state index contributed by atoms with van der Waals surface area (Å²) >= 11 is 5.95. The van der Waals surface area contributed by atoms with E-state index in [0.717, 1.165) is 16.9 Å². The minimum absolute atomic E-state index is 0.0915. The molecule has 1 aromatic heterocycles. The van der Waals surface area contributed by atoms with Crippen molar-refractivity contribution < 1.29 is 4.74 Å². The van der Waals surface area contributed by atoms with Gasteiger partial charge in [0, 0.05) is 10.6 Å². The fourth-order valence-corrected chi connectivity index (χ4v) is 2.25. The van der Waals surface area contributed by atoms with Crippen LogP contribution < -0.4 is 16.2 Å². The monoisotopic (exact) mass is 327 g/mol. The van der Waals surface area contributed by atoms with Gasteiger partial charge in [-0.1, -0.05) is 23.7 Å². The number of benzene rings is 2. The molecule has 3 aromatic rings. The van der Waals surface area contributed by atoms with Crippen molar-refractivity contribution in [3.8, 4) is 17.1 Å². The van der Waals surface area contributed by atoms with Crippen LogP contribution in [0.25, 0.3) is 11.4 Å². The van der Waals surface area contributed by atoms with E-state index in [2.05, 4.69) is 15.0 Å². The van der Waals surface area contributed by atoms with Crippen LogP contribution in [-0.4, -0.2) is 15.0 Å². The highest BCUT2D eigenvalue weighted by atomic mass is 35.5. The average molecular weight is 328 g/mol. The Morgan fingerprint density at radius 1 is 0.913 bits per heavy atom. The smallest absolute Gasteiger partial charge is 0.225 e. The summed E-state index contributed by atoms with van der Waals surface area (Å²) in [6.07, 6.45) is 0. The fourth-order valence-electron chi connectivity index (χ4n) is 2.03. The average Bonchev–Trinajstić information content (AvgIpc) is 2.53. The highest BCUT2D eigenvalue weighted by Crippen LogP contribution is 2.21. The normalized spacial score (nSPS) is 10.5. The van der Waals surface area contributed by atoms with Gasteiger partial charge in [0.25, 0.3) is 0 Å². The number of ether oxygens (including phenoxy) is 1. The van der Waals surface area contributed by atoms with Crippen molar-refractivity contribution in [3.05, 3.63) is 59.1 Å². The van der Waals surface area contributed by atoms with Crippen molar-refractivity contribution in [1.29, 1.82) is 0 Å². The Balaban J connectivity index is 1.72. The van der Waals surface area contributed by atoms with Crippen LogP contribution in [0.15, 0.2) is 48.5 Å². The van der Waals surface area contributed by atoms with Crippen LogP contribution in [0.5, 0.6) is 5.75 Å². The second-order valence-electron chi connectivity index (χ2n) is 4.82. The molecule has 0 unspecified atom stereocenters. The SMILES string of the molecule is Nc1nc(N)nc(-c2ccc(OCc3cccc(Cl)c3)cc2)n1. The number of hydrogen-bond donors (Lipinski definition) is 2. The lowest BCUT2D eigenvalue weighted by molar-refractivity contribution is 0.306. The lowest BCUT2D eigenvalue weighted by Crippen LogP contribution is -2.04. The topological polar surface area (TPSA) is 99.9 Å². The fraction of sp³-hybridized carbons (Fsp3) is 0.0625. The van der Waals surface area contributed by atoms with Crippen molar-refractivity contribution >= 4 is 23.5 Å². The zero-order valence-electron chi connectivity index (χ0n) is 12.1. The van der Waals surface area contributed by atoms with Gasteiger partial charge < -0.3 is 16.2 Å². The van der Waals surface area contributed by atoms with E-state index in [-0.39, 0.29) is 11.9 Å². The van der Waals surface area contributed by atoms with Gasteiger partial charge in [-0.25, -0.2) is 0 Å². The predicted molar refractivity (Wildman–Crippen MR) is 89.9 cm³/mol. The molecule has 6 nitrogen and oxygen atoms in total. The zero-order chi connectivity index (χ0) is 16.2. The molecule has 0 fully saturated rings. The number of rotatable bonds is 4. The minimum atomic E-state index is 0.0915. The van der Waals surface area contributed by atoms with Gasteiger partial charge in [-0.05, 0) is 42.0 Å². The molecule has 0 bridgehead atoms. The standard InChI is InChI=1S/C16H14ClN5O/c17-12-3-1-2-10(8-12)9-23-13-6-4-11(5-7-13)14-20-15(18)22-16(19)21-14/h1-8H,9H2,(H4,18,19,20,21,22). The van der Waals surface area contributed by atoms with Crippen molar-refractivity contribution in [1.82, 2.24) is 15.0 Å². The van der Waals surface area contributed by atoms with Crippen molar-refractivity contribution in [2.45, 2.75) is 6.61 Å². The molecular formula is C16H14ClN5O. The number of nitrogen functional groups attached to an aromatic ring is 2. The van der Waals surface area contributed by atoms with Gasteiger partial charge in [-0.15, -0.1) is 0 Å². The largest absolute Gasteiger partial charge is 0.489 e. The van der Waals surface area contributed by atoms with E-state index in [9.17, 15) is 0 Å². The summed E-state index contributed by atoms with van der Waals surface area (Å²) in [4.78, 5) is 11.9. The van der Waals surface area contributed by atoms with Crippen LogP contribution in [0.3, 0.4) is 0 Å². The molecule has 0 atom stereocenters. The van der Waals surface area contributed by atoms with Gasteiger partial charge >= 0.3 is 0 Å². The maximum Gasteiger partial charge on any atom is 0.225 e. The number of aromatic nitrogens is 3. The van der Waals surface area contributed by atoms with Gasteiger partial charge in [0.1, 0.15) is 12.4 Å². The zero-order valence-corrected chi connectivity index (χ0v) is 12.9. The van der Waals surface area contributed by atoms with Crippen molar-refractivity contribution in [2.75, 3.05) is 11.5 Å². The van der Waals surface area contributed by atoms with Gasteiger partial charge in [-0.2, -0.15) is 15.0 Å². The quantitative estimate of drug-likeness (QED) is 0.764. The number of hydrogen-bond acceptors (Lipinski definition) is 6. The molecule has 23 heavy (non-hydrogen) atoms. The summed E-state index contributed by atoms with van der Waals surface area (Å²) in [7, 11) is 0. The predicted octanol–water partition coefficient (Wildman–Crippen LogP) is 2.94. The second-order valence-corrected chi connectivity index (χ2v) is 5.25. The molecule has 1 heterocycles. The van der Waals surface area contributed by atoms with E-state index in [1.54, 1.807) is 0 Å². The first-order valence-corrected chi connectivity index (χ1v) is 7.23. The van der Waals surface area contributed by atoms with Crippen LogP contribution in [0.2, 0.25) is 5.02 Å². The van der Waals surface area contributed by atoms with E-state index in [1.807, 2.05) is 48.5 Å². The third-order valence-electron chi connectivity index (χ3n) is 3.08. The van der Waals surface area contributed by atoms with E-state index < -0.39 is 0 Å². The molecule has 0 amide bonds. The molecule has 0 aliphatic carbocycles. The minimum Gasteiger partial charge on any atom is -0.489 e. The molecule has 0 aliphatic heterocycles. The molecule has 116 valence electrons. The van der Waals surface area contributed by atoms with Crippen LogP contribution in [0.1, 0.15) is 5.56 Å². The summed E-state index contributed by atoms with van der Waals surface area (Å²) in [6, 6.07) is 14.9. The van der Waals surface area contributed by atoms with E-state index >= 15 is 0 Å². The first-order valence-electron chi connectivity index (χ1n) is 6.85. The van der Waals surface area contributed by atoms with Crippen LogP contribution >= 0.6 is 11.6 Å². The van der Waals surface area contributed by atoms with Gasteiger partial charge in [0.05, 0.1) is 0 Å². The molecule has 3 rings (SSSR count). The summed E-state index contributed by atoms with van der Waals surface area (Å²) in [5.74, 6) is 1.34. The first kappa shape index (κ1) is 15.1. The van der Waals surface area contributed by atoms with Gasteiger partial charge in [0.2, 0.25) is 11.9 Å². The molecule has 0 radical (unpaired) electrons. The molecule has 7 heteroatoms. The second kappa shape index (κ2) is 6.50. The molecule has 2 aromatic carbocycles. The third-order valence-corrected chi connectivity index (χ3v) is 3.31. The summed E-state index contributed by atoms with van der Waals surface area (Å²) in [5, 5.41) is 0.687. The Morgan fingerprint density at radius 3 is 2.26 bits per heavy atom. The molecular weight excluding hydrogens is 314 g/mol. The Kier molecular flexibility index (Phi) is 4.25. The molecule has 0 spiro atoms. The summed E-state index contributed by atoms with van der Waals surface area (Å²) in [6.45, 7) is 0.436. The highest BCUT2D eigenvalue weighted by Gasteiger charge is 2.05. The highest BCUT2D eigenvalue weighted by molar-refractivity contribution is 6.30.